The molecule has 24 heteroatoms. The molecule has 20 nitrogen and oxygen atoms in total. The topological polar surface area (TPSA) is 271 Å². The Kier molecular flexibility index (Phi) is 24.9. The van der Waals surface area contributed by atoms with Gasteiger partial charge in [0.1, 0.15) is 44.2 Å². The van der Waals surface area contributed by atoms with Gasteiger partial charge in [0.15, 0.2) is 6.79 Å². The zero-order chi connectivity index (χ0) is 47.8. The summed E-state index contributed by atoms with van der Waals surface area (Å²) < 4.78 is 27.6. The Bertz CT molecular complexity index is 2360. The van der Waals surface area contributed by atoms with Crippen molar-refractivity contribution in [3.8, 4) is 5.75 Å². The van der Waals surface area contributed by atoms with Gasteiger partial charge in [0.05, 0.1) is 11.4 Å². The predicted octanol–water partition coefficient (Wildman–Crippen LogP) is 10.9. The maximum absolute atomic E-state index is 11.9. The summed E-state index contributed by atoms with van der Waals surface area (Å²) in [5, 5.41) is 34.3. The van der Waals surface area contributed by atoms with Crippen molar-refractivity contribution >= 4 is 112 Å². The first kappa shape index (κ1) is 59.6. The number of amides is 2. The number of aromatic nitrogens is 3. The largest absolute Gasteiger partial charge is 0.468 e. The van der Waals surface area contributed by atoms with Crippen LogP contribution in [0.15, 0.2) is 78.9 Å². The van der Waals surface area contributed by atoms with E-state index in [0.717, 1.165) is 37.6 Å². The number of nitrogens with zero attached hydrogens (tertiary/aromatic N) is 6. The molecule has 65 heavy (non-hydrogen) atoms. The lowest BCUT2D eigenvalue weighted by Crippen LogP contribution is -2.34. The van der Waals surface area contributed by atoms with Crippen LogP contribution in [-0.2, 0) is 14.2 Å². The van der Waals surface area contributed by atoms with E-state index in [9.17, 15) is 34.8 Å². The van der Waals surface area contributed by atoms with Crippen LogP contribution in [0.1, 0.15) is 69.0 Å². The predicted molar refractivity (Wildman–Crippen MR) is 263 cm³/mol. The lowest BCUT2D eigenvalue weighted by atomic mass is 9.69. The van der Waals surface area contributed by atoms with Gasteiger partial charge in [-0.25, -0.2) is 14.6 Å². The zero-order valence-electron chi connectivity index (χ0n) is 36.1. The summed E-state index contributed by atoms with van der Waals surface area (Å²) >= 11 is 9.30. The summed E-state index contributed by atoms with van der Waals surface area (Å²) in [5.74, 6) is -0.137. The Labute approximate surface area is 403 Å². The van der Waals surface area contributed by atoms with E-state index in [-0.39, 0.29) is 33.0 Å². The van der Waals surface area contributed by atoms with Gasteiger partial charge in [0.2, 0.25) is 9.21 Å². The quantitative estimate of drug-likeness (QED) is 0.0309. The first-order valence-electron chi connectivity index (χ1n) is 18.6. The molecule has 5 rings (SSSR count). The average molecular weight is 1100 g/mol. The number of nitrogen functional groups attached to an aromatic ring is 1. The number of halogens is 3. The number of rotatable bonds is 9. The number of hydrogen-bond acceptors (Lipinski definition) is 16. The second-order valence-corrected chi connectivity index (χ2v) is 17.2. The summed E-state index contributed by atoms with van der Waals surface area (Å²) in [6.07, 6.45) is -1.45. The molecule has 2 amide bonds. The number of pyridine rings is 3. The standard InChI is InChI=1S/C12H15BO4.C11H14BrN3O4.C10H12BrN3O4.C6H7BrN2.2CH4/c1-3-15-8-16-10-4-5-11-9(6-10)7-12(17-11)13(2)14;1-11(2,3)19-10(16)14(4)7-5-6-8(12)13-9(7)15(17)18;1-10(2,3)18-9(15)12-6-4-5-7(11)13-8(6)14(16)17;1-4-5(8)2-3-6(7)9-4;;/h4-7,14H,3,8H2,1-2H3;5-6H,1-4H3;4-5H,1-3H3,(H,12,15);2-3H,8H2,1H3;2*1H4. The van der Waals surface area contributed by atoms with Crippen LogP contribution >= 0.6 is 47.8 Å². The summed E-state index contributed by atoms with van der Waals surface area (Å²) in [7, 11) is 1.39. The van der Waals surface area contributed by atoms with Crippen molar-refractivity contribution < 1.29 is 47.8 Å². The second kappa shape index (κ2) is 27.1. The van der Waals surface area contributed by atoms with Crippen LogP contribution in [0, 0.1) is 27.2 Å². The lowest BCUT2D eigenvalue weighted by molar-refractivity contribution is -0.388. The Hall–Kier alpha value is -5.43. The lowest BCUT2D eigenvalue weighted by Gasteiger charge is -2.24. The smallest absolute Gasteiger partial charge is 0.414 e. The van der Waals surface area contributed by atoms with E-state index in [4.69, 9.17) is 29.1 Å². The highest BCUT2D eigenvalue weighted by Crippen LogP contribution is 2.29. The SMILES string of the molecule is C.C.CC(C)(C)OC(=O)Nc1ccc(Br)nc1[N+](=O)[O-].CCOCOc1ccc2oc(B(C)O)cc2c1.CN(C(=O)OC(C)(C)C)c1ccc(Br)nc1[N+](=O)[O-].Cc1nc(Br)ccc1N. The number of hydrogen-bond donors (Lipinski definition) is 3. The first-order chi connectivity index (χ1) is 29.2. The number of anilines is 3. The first-order valence-corrected chi connectivity index (χ1v) is 21.0. The van der Waals surface area contributed by atoms with Gasteiger partial charge in [-0.1, -0.05) is 21.7 Å². The summed E-state index contributed by atoms with van der Waals surface area (Å²) in [4.78, 5) is 56.3. The Morgan fingerprint density at radius 1 is 0.862 bits per heavy atom. The third-order valence-corrected chi connectivity index (χ3v) is 8.52. The second-order valence-electron chi connectivity index (χ2n) is 14.8. The summed E-state index contributed by atoms with van der Waals surface area (Å²) in [5.41, 5.74) is 7.10. The molecule has 0 aliphatic carbocycles. The van der Waals surface area contributed by atoms with Crippen molar-refractivity contribution in [1.29, 1.82) is 0 Å². The van der Waals surface area contributed by atoms with Gasteiger partial charge in [-0.3, -0.25) is 10.2 Å². The number of carbonyl (C=O) groups is 2. The van der Waals surface area contributed by atoms with Crippen molar-refractivity contribution in [3.05, 3.63) is 100 Å². The summed E-state index contributed by atoms with van der Waals surface area (Å²) in [6.45, 7) is 16.0. The molecule has 4 N–H and O–H groups in total. The number of nitrogens with two attached hydrogens (primary N) is 1. The minimum absolute atomic E-state index is 0. The maximum Gasteiger partial charge on any atom is 0.414 e. The molecule has 1 aromatic carbocycles. The van der Waals surface area contributed by atoms with Gasteiger partial charge >= 0.3 is 30.7 Å². The highest BCUT2D eigenvalue weighted by Gasteiger charge is 2.27. The number of nitrogens with one attached hydrogen (secondary N) is 1. The van der Waals surface area contributed by atoms with Gasteiger partial charge in [-0.05, 0) is 152 Å². The van der Waals surface area contributed by atoms with E-state index < -0.39 is 51.8 Å². The summed E-state index contributed by atoms with van der Waals surface area (Å²) in [6, 6.07) is 16.8. The van der Waals surface area contributed by atoms with Gasteiger partial charge in [-0.15, -0.1) is 0 Å². The molecular formula is C41H56BBr3N8O12. The molecule has 0 bridgehead atoms. The van der Waals surface area contributed by atoms with E-state index in [1.165, 1.54) is 31.3 Å². The average Bonchev–Trinajstić information content (AvgIpc) is 3.60. The van der Waals surface area contributed by atoms with E-state index >= 15 is 0 Å². The third-order valence-electron chi connectivity index (χ3n) is 7.20. The van der Waals surface area contributed by atoms with Crippen molar-refractivity contribution in [2.45, 2.75) is 88.3 Å². The molecule has 0 atom stereocenters. The highest BCUT2D eigenvalue weighted by atomic mass is 79.9. The number of benzene rings is 1. The molecular weight excluding hydrogens is 1050 g/mol. The molecule has 356 valence electrons. The van der Waals surface area contributed by atoms with E-state index in [0.29, 0.717) is 21.5 Å². The maximum atomic E-state index is 11.9. The Balaban J connectivity index is 0.000000852. The molecule has 4 aromatic heterocycles. The van der Waals surface area contributed by atoms with Crippen LogP contribution in [0.2, 0.25) is 6.82 Å². The fourth-order valence-electron chi connectivity index (χ4n) is 4.39. The van der Waals surface area contributed by atoms with E-state index in [1.807, 2.05) is 50.2 Å². The van der Waals surface area contributed by atoms with Crippen molar-refractivity contribution in [1.82, 2.24) is 15.0 Å². The van der Waals surface area contributed by atoms with Gasteiger partial charge in [-0.2, -0.15) is 0 Å². The van der Waals surface area contributed by atoms with E-state index in [2.05, 4.69) is 68.1 Å². The minimum Gasteiger partial charge on any atom is -0.468 e. The molecule has 0 saturated heterocycles. The van der Waals surface area contributed by atoms with Crippen LogP contribution in [0.25, 0.3) is 11.0 Å². The van der Waals surface area contributed by atoms with Crippen LogP contribution in [0.4, 0.5) is 38.3 Å². The molecule has 0 unspecified atom stereocenters. The molecule has 0 aliphatic heterocycles. The van der Waals surface area contributed by atoms with Crippen LogP contribution in [-0.4, -0.2) is 80.6 Å². The fourth-order valence-corrected chi connectivity index (χ4v) is 5.39. The van der Waals surface area contributed by atoms with Gasteiger partial charge < -0.3 is 54.4 Å². The number of ether oxygens (including phenoxy) is 4. The van der Waals surface area contributed by atoms with E-state index in [1.54, 1.807) is 48.4 Å². The molecule has 0 aliphatic rings. The normalized spacial score (nSPS) is 10.4. The molecule has 0 radical (unpaired) electrons. The van der Waals surface area contributed by atoms with Crippen molar-refractivity contribution in [2.24, 2.45) is 0 Å². The van der Waals surface area contributed by atoms with Gasteiger partial charge in [0, 0.05) is 50.9 Å². The van der Waals surface area contributed by atoms with Crippen LogP contribution in [0.5, 0.6) is 5.75 Å². The Morgan fingerprint density at radius 2 is 1.40 bits per heavy atom. The highest BCUT2D eigenvalue weighted by molar-refractivity contribution is 9.11. The number of carbonyl (C=O) groups excluding carboxylic acids is 2. The number of furan rings is 1. The number of nitro groups is 2. The molecule has 0 saturated carbocycles. The van der Waals surface area contributed by atoms with Crippen LogP contribution in [0.3, 0.4) is 0 Å². The molecule has 4 heterocycles. The minimum atomic E-state index is -0.769. The molecule has 0 fully saturated rings. The fraction of sp³-hybridized carbons (Fsp3) is 0.390. The monoisotopic (exact) mass is 1100 g/mol. The third kappa shape index (κ3) is 21.4. The van der Waals surface area contributed by atoms with Crippen LogP contribution < -0.4 is 26.3 Å². The Morgan fingerprint density at radius 3 is 1.91 bits per heavy atom. The zero-order valence-corrected chi connectivity index (χ0v) is 40.9. The van der Waals surface area contributed by atoms with Crippen molar-refractivity contribution in [2.75, 3.05) is 36.4 Å². The van der Waals surface area contributed by atoms with Gasteiger partial charge in [0.25, 0.3) is 0 Å². The number of fused-ring (bicyclic) bond motifs is 1. The number of aryl methyl sites for hydroxylation is 1. The molecule has 5 aromatic rings. The molecule has 0 spiro atoms. The van der Waals surface area contributed by atoms with Crippen molar-refractivity contribution in [3.63, 3.8) is 0 Å².